The van der Waals surface area contributed by atoms with Gasteiger partial charge in [-0.05, 0) is 92.6 Å². The average Bonchev–Trinajstić information content (AvgIpc) is 3.58. The van der Waals surface area contributed by atoms with Crippen molar-refractivity contribution in [3.8, 4) is 22.6 Å². The quantitative estimate of drug-likeness (QED) is 0.457. The second kappa shape index (κ2) is 9.34. The molecule has 0 unspecified atom stereocenters. The van der Waals surface area contributed by atoms with Crippen LogP contribution in [0.2, 0.25) is 0 Å². The molecular weight excluding hydrogens is 452 g/mol. The van der Waals surface area contributed by atoms with E-state index in [9.17, 15) is 9.59 Å². The number of fused-ring (bicyclic) bond motifs is 1. The van der Waals surface area contributed by atoms with Crippen molar-refractivity contribution >= 4 is 17.5 Å². The molecular formula is C30H32N2O4. The average molecular weight is 485 g/mol. The number of hydrogen-bond donors (Lipinski definition) is 1. The molecule has 36 heavy (non-hydrogen) atoms. The summed E-state index contributed by atoms with van der Waals surface area (Å²) in [7, 11) is 0. The maximum Gasteiger partial charge on any atom is 0.253 e. The molecule has 186 valence electrons. The lowest BCUT2D eigenvalue weighted by molar-refractivity contribution is -0.118. The number of anilines is 1. The Bertz CT molecular complexity index is 1320. The van der Waals surface area contributed by atoms with Crippen LogP contribution in [0.15, 0.2) is 54.6 Å². The Balaban J connectivity index is 1.40. The lowest BCUT2D eigenvalue weighted by atomic mass is 9.92. The standard InChI is InChI=1S/C30H32N2O4/c1-5-32(6-2)28(33)22-10-8-21(9-11-22)24-13-7-19(3)27(20(24)4)31-29(34)30(15-16-30)23-12-14-25-26(17-23)36-18-35-25/h7-14,17H,5-6,15-16,18H2,1-4H3,(H,31,34). The first-order valence-electron chi connectivity index (χ1n) is 12.6. The second-order valence-corrected chi connectivity index (χ2v) is 9.59. The van der Waals surface area contributed by atoms with Gasteiger partial charge in [-0.1, -0.05) is 30.3 Å². The van der Waals surface area contributed by atoms with Gasteiger partial charge in [0.25, 0.3) is 5.91 Å². The van der Waals surface area contributed by atoms with Gasteiger partial charge < -0.3 is 19.7 Å². The van der Waals surface area contributed by atoms with Gasteiger partial charge in [-0.15, -0.1) is 0 Å². The van der Waals surface area contributed by atoms with E-state index < -0.39 is 5.41 Å². The molecule has 2 amide bonds. The largest absolute Gasteiger partial charge is 0.454 e. The summed E-state index contributed by atoms with van der Waals surface area (Å²) in [5, 5.41) is 3.25. The zero-order chi connectivity index (χ0) is 25.4. The number of rotatable bonds is 7. The minimum absolute atomic E-state index is 0.00452. The van der Waals surface area contributed by atoms with E-state index >= 15 is 0 Å². The van der Waals surface area contributed by atoms with Crippen LogP contribution in [0.4, 0.5) is 5.69 Å². The summed E-state index contributed by atoms with van der Waals surface area (Å²) in [5.74, 6) is 1.46. The van der Waals surface area contributed by atoms with E-state index in [1.165, 1.54) is 0 Å². The molecule has 3 aromatic carbocycles. The number of amides is 2. The van der Waals surface area contributed by atoms with Gasteiger partial charge >= 0.3 is 0 Å². The highest BCUT2D eigenvalue weighted by Crippen LogP contribution is 2.51. The number of ether oxygens (including phenoxy) is 2. The predicted molar refractivity (Wildman–Crippen MR) is 141 cm³/mol. The van der Waals surface area contributed by atoms with Gasteiger partial charge in [0.2, 0.25) is 12.7 Å². The Morgan fingerprint density at radius 1 is 0.917 bits per heavy atom. The van der Waals surface area contributed by atoms with E-state index in [0.717, 1.165) is 52.1 Å². The number of aryl methyl sites for hydroxylation is 1. The maximum absolute atomic E-state index is 13.6. The summed E-state index contributed by atoms with van der Waals surface area (Å²) in [4.78, 5) is 28.1. The first-order valence-corrected chi connectivity index (χ1v) is 12.6. The van der Waals surface area contributed by atoms with Crippen molar-refractivity contribution in [1.82, 2.24) is 4.90 Å². The Morgan fingerprint density at radius 3 is 2.28 bits per heavy atom. The van der Waals surface area contributed by atoms with Crippen LogP contribution >= 0.6 is 0 Å². The van der Waals surface area contributed by atoms with Crippen molar-refractivity contribution in [2.45, 2.75) is 46.0 Å². The lowest BCUT2D eigenvalue weighted by Gasteiger charge is -2.21. The fraction of sp³-hybridized carbons (Fsp3) is 0.333. The van der Waals surface area contributed by atoms with E-state index in [1.807, 2.05) is 81.1 Å². The maximum atomic E-state index is 13.6. The van der Waals surface area contributed by atoms with Crippen molar-refractivity contribution in [2.24, 2.45) is 0 Å². The van der Waals surface area contributed by atoms with Gasteiger partial charge in [-0.2, -0.15) is 0 Å². The van der Waals surface area contributed by atoms with Crippen molar-refractivity contribution in [2.75, 3.05) is 25.2 Å². The Hall–Kier alpha value is -3.80. The molecule has 6 heteroatoms. The van der Waals surface area contributed by atoms with Crippen molar-refractivity contribution < 1.29 is 19.1 Å². The number of benzene rings is 3. The normalized spacial score (nSPS) is 14.9. The van der Waals surface area contributed by atoms with Crippen LogP contribution in [0.25, 0.3) is 11.1 Å². The minimum atomic E-state index is -0.539. The zero-order valence-electron chi connectivity index (χ0n) is 21.3. The summed E-state index contributed by atoms with van der Waals surface area (Å²) < 4.78 is 11.0. The highest BCUT2D eigenvalue weighted by atomic mass is 16.7. The van der Waals surface area contributed by atoms with Gasteiger partial charge in [0, 0.05) is 24.3 Å². The Kier molecular flexibility index (Phi) is 6.20. The molecule has 0 radical (unpaired) electrons. The van der Waals surface area contributed by atoms with Crippen molar-refractivity contribution in [3.63, 3.8) is 0 Å². The number of nitrogens with zero attached hydrogens (tertiary/aromatic N) is 1. The fourth-order valence-electron chi connectivity index (χ4n) is 5.04. The Labute approximate surface area is 212 Å². The first kappa shape index (κ1) is 23.9. The third-order valence-corrected chi connectivity index (χ3v) is 7.52. The molecule has 0 atom stereocenters. The second-order valence-electron chi connectivity index (χ2n) is 9.59. The number of carbonyl (C=O) groups is 2. The summed E-state index contributed by atoms with van der Waals surface area (Å²) in [5.41, 5.74) is 6.01. The molecule has 5 rings (SSSR count). The number of carbonyl (C=O) groups excluding carboxylic acids is 2. The molecule has 1 fully saturated rings. The van der Waals surface area contributed by atoms with Crippen LogP contribution in [0.1, 0.15) is 53.7 Å². The number of nitrogens with one attached hydrogen (secondary N) is 1. The summed E-state index contributed by atoms with van der Waals surface area (Å²) in [6.07, 6.45) is 1.61. The van der Waals surface area contributed by atoms with Crippen LogP contribution in [0, 0.1) is 13.8 Å². The molecule has 1 heterocycles. The van der Waals surface area contributed by atoms with Crippen LogP contribution in [0.3, 0.4) is 0 Å². The van der Waals surface area contributed by atoms with E-state index in [0.29, 0.717) is 24.4 Å². The predicted octanol–water partition coefficient (Wildman–Crippen LogP) is 5.85. The molecule has 2 aliphatic rings. The summed E-state index contributed by atoms with van der Waals surface area (Å²) in [6.45, 7) is 9.61. The van der Waals surface area contributed by atoms with Crippen LogP contribution in [0.5, 0.6) is 11.5 Å². The van der Waals surface area contributed by atoms with Crippen molar-refractivity contribution in [1.29, 1.82) is 0 Å². The monoisotopic (exact) mass is 484 g/mol. The number of hydrogen-bond acceptors (Lipinski definition) is 4. The Morgan fingerprint density at radius 2 is 1.61 bits per heavy atom. The van der Waals surface area contributed by atoms with E-state index in [1.54, 1.807) is 0 Å². The molecule has 1 N–H and O–H groups in total. The summed E-state index contributed by atoms with van der Waals surface area (Å²) in [6, 6.07) is 17.6. The molecule has 0 saturated heterocycles. The minimum Gasteiger partial charge on any atom is -0.454 e. The first-order chi connectivity index (χ1) is 17.4. The lowest BCUT2D eigenvalue weighted by Crippen LogP contribution is -2.30. The van der Waals surface area contributed by atoms with Crippen LogP contribution in [-0.4, -0.2) is 36.6 Å². The van der Waals surface area contributed by atoms with E-state index in [-0.39, 0.29) is 18.6 Å². The molecule has 3 aromatic rings. The molecule has 0 aromatic heterocycles. The molecule has 1 aliphatic carbocycles. The SMILES string of the molecule is CCN(CC)C(=O)c1ccc(-c2ccc(C)c(NC(=O)C3(c4ccc5c(c4)OCO5)CC3)c2C)cc1. The van der Waals surface area contributed by atoms with Gasteiger partial charge in [-0.3, -0.25) is 9.59 Å². The molecule has 1 saturated carbocycles. The smallest absolute Gasteiger partial charge is 0.253 e. The van der Waals surface area contributed by atoms with Crippen LogP contribution < -0.4 is 14.8 Å². The van der Waals surface area contributed by atoms with Crippen LogP contribution in [-0.2, 0) is 10.2 Å². The van der Waals surface area contributed by atoms with Crippen molar-refractivity contribution in [3.05, 3.63) is 76.9 Å². The van der Waals surface area contributed by atoms with E-state index in [4.69, 9.17) is 9.47 Å². The van der Waals surface area contributed by atoms with Gasteiger partial charge in [0.15, 0.2) is 11.5 Å². The molecule has 0 bridgehead atoms. The fourth-order valence-corrected chi connectivity index (χ4v) is 5.04. The third kappa shape index (κ3) is 4.11. The molecule has 0 spiro atoms. The summed E-state index contributed by atoms with van der Waals surface area (Å²) >= 11 is 0. The highest BCUT2D eigenvalue weighted by molar-refractivity contribution is 6.03. The third-order valence-electron chi connectivity index (χ3n) is 7.52. The van der Waals surface area contributed by atoms with Gasteiger partial charge in [-0.25, -0.2) is 0 Å². The van der Waals surface area contributed by atoms with Gasteiger partial charge in [0.1, 0.15) is 0 Å². The molecule has 1 aliphatic heterocycles. The topological polar surface area (TPSA) is 67.9 Å². The van der Waals surface area contributed by atoms with E-state index in [2.05, 4.69) is 11.4 Å². The highest BCUT2D eigenvalue weighted by Gasteiger charge is 2.51. The zero-order valence-corrected chi connectivity index (χ0v) is 21.3. The molecule has 6 nitrogen and oxygen atoms in total. The van der Waals surface area contributed by atoms with Gasteiger partial charge in [0.05, 0.1) is 5.41 Å².